The molecule has 0 saturated carbocycles. The minimum atomic E-state index is -0.196. The molecule has 4 nitrogen and oxygen atoms in total. The Kier molecular flexibility index (Phi) is 3.62. The Morgan fingerprint density at radius 3 is 2.33 bits per heavy atom. The normalized spacial score (nSPS) is 8.67. The molecule has 0 aliphatic heterocycles. The molecule has 0 fully saturated rings. The third kappa shape index (κ3) is 4.96. The molecule has 2 amide bonds. The van der Waals surface area contributed by atoms with Crippen molar-refractivity contribution in [1.82, 2.24) is 5.32 Å². The lowest BCUT2D eigenvalue weighted by atomic mass is 10.3. The van der Waals surface area contributed by atoms with Crippen molar-refractivity contribution in [3.63, 3.8) is 0 Å². The standard InChI is InChI=1S/C5H10N2O2/c1-7-5(9)3-2-4(6)8/h2-3H2,1H3,(H2,6,8)(H,7,9)/p+1. The first kappa shape index (κ1) is 8.10. The molecule has 0 aromatic heterocycles. The zero-order chi connectivity index (χ0) is 7.28. The Labute approximate surface area is 53.4 Å². The summed E-state index contributed by atoms with van der Waals surface area (Å²) in [4.78, 5) is 20.6. The minimum Gasteiger partial charge on any atom is -0.359 e. The molecule has 0 rings (SSSR count). The van der Waals surface area contributed by atoms with E-state index in [1.807, 2.05) is 0 Å². The largest absolute Gasteiger partial charge is 0.359 e. The summed E-state index contributed by atoms with van der Waals surface area (Å²) in [6.45, 7) is 0. The van der Waals surface area contributed by atoms with Crippen molar-refractivity contribution < 1.29 is 15.3 Å². The van der Waals surface area contributed by atoms with Gasteiger partial charge in [0.05, 0.1) is 6.42 Å². The fourth-order valence-corrected chi connectivity index (χ4v) is 0.378. The van der Waals surface area contributed by atoms with Gasteiger partial charge < -0.3 is 5.32 Å². The highest BCUT2D eigenvalue weighted by atomic mass is 16.2. The van der Waals surface area contributed by atoms with Crippen LogP contribution < -0.4 is 11.1 Å². The third-order valence-electron chi connectivity index (χ3n) is 0.910. The molecule has 0 atom stereocenters. The van der Waals surface area contributed by atoms with Gasteiger partial charge in [0.15, 0.2) is 0 Å². The van der Waals surface area contributed by atoms with Gasteiger partial charge in [-0.1, -0.05) is 0 Å². The monoisotopic (exact) mass is 131 g/mol. The molecule has 0 heterocycles. The Hall–Kier alpha value is -0.900. The average Bonchev–Trinajstić information content (AvgIpc) is 1.83. The number of carbonyl (C=O) groups excluding carboxylic acids is 2. The second-order valence-electron chi connectivity index (χ2n) is 1.71. The molecule has 0 radical (unpaired) electrons. The van der Waals surface area contributed by atoms with Gasteiger partial charge in [-0.3, -0.25) is 10.5 Å². The number of amides is 2. The van der Waals surface area contributed by atoms with E-state index in [1.54, 1.807) is 0 Å². The molecule has 0 aliphatic carbocycles. The Morgan fingerprint density at radius 1 is 1.44 bits per heavy atom. The third-order valence-corrected chi connectivity index (χ3v) is 0.910. The van der Waals surface area contributed by atoms with Gasteiger partial charge in [0.25, 0.3) is 0 Å². The van der Waals surface area contributed by atoms with Crippen LogP contribution in [0.1, 0.15) is 12.8 Å². The molecule has 52 valence electrons. The average molecular weight is 131 g/mol. The zero-order valence-corrected chi connectivity index (χ0v) is 5.44. The topological polar surface area (TPSA) is 73.8 Å². The summed E-state index contributed by atoms with van der Waals surface area (Å²) in [6.07, 6.45) is 0.485. The van der Waals surface area contributed by atoms with Crippen LogP contribution in [-0.4, -0.2) is 18.9 Å². The number of rotatable bonds is 3. The molecule has 0 aromatic rings. The van der Waals surface area contributed by atoms with Gasteiger partial charge in [0.1, 0.15) is 0 Å². The maximum Gasteiger partial charge on any atom is 0.309 e. The fraction of sp³-hybridized carbons (Fsp3) is 0.600. The number of hydrogen-bond donors (Lipinski definition) is 2. The molecule has 0 aliphatic rings. The van der Waals surface area contributed by atoms with Crippen LogP contribution in [0.25, 0.3) is 0 Å². The second-order valence-corrected chi connectivity index (χ2v) is 1.71. The van der Waals surface area contributed by atoms with E-state index < -0.39 is 0 Å². The molecule has 9 heavy (non-hydrogen) atoms. The summed E-state index contributed by atoms with van der Waals surface area (Å²) in [5.74, 6) is -0.314. The first-order valence-corrected chi connectivity index (χ1v) is 2.72. The molecule has 0 aromatic carbocycles. The van der Waals surface area contributed by atoms with Gasteiger partial charge in [0, 0.05) is 13.5 Å². The summed E-state index contributed by atoms with van der Waals surface area (Å²) >= 11 is 0. The first-order valence-electron chi connectivity index (χ1n) is 2.72. The first-order chi connectivity index (χ1) is 4.16. The van der Waals surface area contributed by atoms with Crippen molar-refractivity contribution in [1.29, 1.82) is 0 Å². The van der Waals surface area contributed by atoms with E-state index in [-0.39, 0.29) is 24.7 Å². The lowest BCUT2D eigenvalue weighted by molar-refractivity contribution is -0.305. The van der Waals surface area contributed by atoms with Crippen LogP contribution in [0.4, 0.5) is 0 Å². The van der Waals surface area contributed by atoms with Crippen molar-refractivity contribution in [3.05, 3.63) is 0 Å². The highest BCUT2D eigenvalue weighted by Crippen LogP contribution is 1.83. The smallest absolute Gasteiger partial charge is 0.309 e. The van der Waals surface area contributed by atoms with Crippen LogP contribution in [-0.2, 0) is 9.59 Å². The van der Waals surface area contributed by atoms with E-state index >= 15 is 0 Å². The second kappa shape index (κ2) is 4.03. The van der Waals surface area contributed by atoms with Gasteiger partial charge >= 0.3 is 5.91 Å². The van der Waals surface area contributed by atoms with Gasteiger partial charge in [0.2, 0.25) is 5.91 Å². The fourth-order valence-electron chi connectivity index (χ4n) is 0.378. The Morgan fingerprint density at radius 2 is 2.00 bits per heavy atom. The predicted molar refractivity (Wildman–Crippen MR) is 31.2 cm³/mol. The lowest BCUT2D eigenvalue weighted by Crippen LogP contribution is -2.56. The summed E-state index contributed by atoms with van der Waals surface area (Å²) in [5, 5.41) is 2.40. The van der Waals surface area contributed by atoms with Gasteiger partial charge in [-0.05, 0) is 0 Å². The van der Waals surface area contributed by atoms with Gasteiger partial charge in [-0.25, -0.2) is 4.79 Å². The van der Waals surface area contributed by atoms with Crippen LogP contribution in [0.2, 0.25) is 0 Å². The van der Waals surface area contributed by atoms with E-state index in [1.165, 1.54) is 7.05 Å². The summed E-state index contributed by atoms with van der Waals surface area (Å²) in [5.41, 5.74) is 3.13. The lowest BCUT2D eigenvalue weighted by Gasteiger charge is -1.92. The zero-order valence-electron chi connectivity index (χ0n) is 5.44. The van der Waals surface area contributed by atoms with Crippen molar-refractivity contribution in [2.75, 3.05) is 7.05 Å². The Bertz CT molecular complexity index is 122. The highest BCUT2D eigenvalue weighted by Gasteiger charge is 2.02. The van der Waals surface area contributed by atoms with Crippen molar-refractivity contribution >= 4 is 11.8 Å². The number of quaternary nitrogens is 1. The summed E-state index contributed by atoms with van der Waals surface area (Å²) in [6, 6.07) is 0. The molecule has 0 unspecified atom stereocenters. The number of carbonyl (C=O) groups is 2. The minimum absolute atomic E-state index is 0.119. The SMILES string of the molecule is CNC(=O)CCC([NH3+])=O. The molecular formula is C5H11N2O2+. The molecule has 4 heteroatoms. The molecular weight excluding hydrogens is 120 g/mol. The van der Waals surface area contributed by atoms with E-state index in [9.17, 15) is 9.59 Å². The summed E-state index contributed by atoms with van der Waals surface area (Å²) in [7, 11) is 1.54. The van der Waals surface area contributed by atoms with E-state index in [2.05, 4.69) is 11.1 Å². The molecule has 0 saturated heterocycles. The maximum atomic E-state index is 10.4. The van der Waals surface area contributed by atoms with Crippen molar-refractivity contribution in [2.24, 2.45) is 0 Å². The highest BCUT2D eigenvalue weighted by molar-refractivity contribution is 5.79. The van der Waals surface area contributed by atoms with Gasteiger partial charge in [-0.2, -0.15) is 0 Å². The summed E-state index contributed by atoms with van der Waals surface area (Å²) < 4.78 is 0. The molecule has 0 spiro atoms. The molecule has 0 bridgehead atoms. The van der Waals surface area contributed by atoms with Crippen LogP contribution in [0.15, 0.2) is 0 Å². The van der Waals surface area contributed by atoms with Gasteiger partial charge in [-0.15, -0.1) is 0 Å². The van der Waals surface area contributed by atoms with E-state index in [0.717, 1.165) is 0 Å². The van der Waals surface area contributed by atoms with Crippen LogP contribution in [0, 0.1) is 0 Å². The quantitative estimate of drug-likeness (QED) is 0.478. The molecule has 4 N–H and O–H groups in total. The van der Waals surface area contributed by atoms with E-state index in [4.69, 9.17) is 0 Å². The van der Waals surface area contributed by atoms with Crippen LogP contribution in [0.3, 0.4) is 0 Å². The number of nitrogens with one attached hydrogen (secondary N) is 1. The van der Waals surface area contributed by atoms with Crippen molar-refractivity contribution in [3.8, 4) is 0 Å². The maximum absolute atomic E-state index is 10.4. The Balaban J connectivity index is 3.28. The van der Waals surface area contributed by atoms with Crippen LogP contribution in [0.5, 0.6) is 0 Å². The van der Waals surface area contributed by atoms with Crippen molar-refractivity contribution in [2.45, 2.75) is 12.8 Å². The predicted octanol–water partition coefficient (Wildman–Crippen LogP) is -1.72. The van der Waals surface area contributed by atoms with E-state index in [0.29, 0.717) is 0 Å². The van der Waals surface area contributed by atoms with Crippen LogP contribution >= 0.6 is 0 Å². The number of hydrogen-bond acceptors (Lipinski definition) is 2.